The first kappa shape index (κ1) is 18.6. The van der Waals surface area contributed by atoms with Crippen molar-refractivity contribution in [3.05, 3.63) is 34.2 Å². The van der Waals surface area contributed by atoms with E-state index in [1.165, 1.54) is 7.05 Å². The molecule has 1 unspecified atom stereocenters. The minimum absolute atomic E-state index is 0.238. The average molecular weight is 497 g/mol. The molecule has 2 aromatic heterocycles. The van der Waals surface area contributed by atoms with Crippen molar-refractivity contribution in [1.29, 1.82) is 0 Å². The first-order valence-electron chi connectivity index (χ1n) is 8.74. The van der Waals surface area contributed by atoms with Crippen molar-refractivity contribution in [2.45, 2.75) is 30.7 Å². The fourth-order valence-electron chi connectivity index (χ4n) is 3.49. The zero-order valence-electron chi connectivity index (χ0n) is 15.0. The third kappa shape index (κ3) is 3.43. The number of aromatic nitrogens is 3. The molecule has 3 aromatic rings. The van der Waals surface area contributed by atoms with Crippen LogP contribution in [0.5, 0.6) is 0 Å². The Labute approximate surface area is 171 Å². The Bertz CT molecular complexity index is 1110. The monoisotopic (exact) mass is 497 g/mol. The standard InChI is InChI=1S/C18H20IN5O2S/c1-11-4-3-5-24(11)13-6-12(7-14(8-13)27(25,26)20-2)16-10-22-18-17(23-16)15(19)9-21-18/h6-11,20H,3-5H2,1-2H3,(H,21,22). The number of sulfonamides is 1. The molecule has 0 radical (unpaired) electrons. The number of fused-ring (bicyclic) bond motifs is 1. The predicted octanol–water partition coefficient (Wildman–Crippen LogP) is 3.13. The largest absolute Gasteiger partial charge is 0.369 e. The maximum Gasteiger partial charge on any atom is 0.240 e. The van der Waals surface area contributed by atoms with E-state index in [9.17, 15) is 8.42 Å². The lowest BCUT2D eigenvalue weighted by Gasteiger charge is -2.25. The Kier molecular flexibility index (Phi) is 4.85. The summed E-state index contributed by atoms with van der Waals surface area (Å²) in [6, 6.07) is 5.78. The van der Waals surface area contributed by atoms with Crippen molar-refractivity contribution < 1.29 is 8.42 Å². The van der Waals surface area contributed by atoms with Crippen LogP contribution in [0.1, 0.15) is 19.8 Å². The third-order valence-corrected chi connectivity index (χ3v) is 7.20. The molecule has 9 heteroatoms. The molecule has 142 valence electrons. The van der Waals surface area contributed by atoms with Crippen molar-refractivity contribution in [1.82, 2.24) is 19.7 Å². The highest BCUT2D eigenvalue weighted by Gasteiger charge is 2.24. The molecule has 7 nitrogen and oxygen atoms in total. The van der Waals surface area contributed by atoms with Crippen LogP contribution >= 0.6 is 22.6 Å². The van der Waals surface area contributed by atoms with Gasteiger partial charge in [-0.3, -0.25) is 0 Å². The summed E-state index contributed by atoms with van der Waals surface area (Å²) in [5.41, 5.74) is 3.80. The normalized spacial score (nSPS) is 17.7. The van der Waals surface area contributed by atoms with E-state index in [1.807, 2.05) is 12.3 Å². The van der Waals surface area contributed by atoms with Crippen molar-refractivity contribution in [2.24, 2.45) is 0 Å². The third-order valence-electron chi connectivity index (χ3n) is 4.99. The van der Waals surface area contributed by atoms with Gasteiger partial charge in [-0.05, 0) is 67.6 Å². The van der Waals surface area contributed by atoms with Crippen LogP contribution in [-0.4, -0.2) is 43.0 Å². The fourth-order valence-corrected chi connectivity index (χ4v) is 4.81. The van der Waals surface area contributed by atoms with Crippen molar-refractivity contribution in [3.63, 3.8) is 0 Å². The molecule has 0 saturated carbocycles. The van der Waals surface area contributed by atoms with Gasteiger partial charge >= 0.3 is 0 Å². The molecule has 0 bridgehead atoms. The molecule has 1 fully saturated rings. The molecule has 0 amide bonds. The topological polar surface area (TPSA) is 91.0 Å². The molecule has 2 N–H and O–H groups in total. The summed E-state index contributed by atoms with van der Waals surface area (Å²) in [6.07, 6.45) is 5.74. The van der Waals surface area contributed by atoms with Gasteiger partial charge in [0.05, 0.1) is 20.4 Å². The second-order valence-electron chi connectivity index (χ2n) is 6.70. The van der Waals surface area contributed by atoms with Crippen molar-refractivity contribution >= 4 is 49.5 Å². The van der Waals surface area contributed by atoms with Gasteiger partial charge in [-0.15, -0.1) is 0 Å². The highest BCUT2D eigenvalue weighted by molar-refractivity contribution is 14.1. The molecular formula is C18H20IN5O2S. The van der Waals surface area contributed by atoms with Gasteiger partial charge in [0.25, 0.3) is 0 Å². The van der Waals surface area contributed by atoms with Gasteiger partial charge in [-0.25, -0.2) is 23.1 Å². The zero-order chi connectivity index (χ0) is 19.2. The SMILES string of the molecule is CNS(=O)(=O)c1cc(-c2cnc3[nH]cc(I)c3n2)cc(N2CCCC2C)c1. The van der Waals surface area contributed by atoms with Gasteiger partial charge in [0.1, 0.15) is 5.52 Å². The Morgan fingerprint density at radius 2 is 2.15 bits per heavy atom. The number of hydrogen-bond donors (Lipinski definition) is 2. The fraction of sp³-hybridized carbons (Fsp3) is 0.333. The number of nitrogens with one attached hydrogen (secondary N) is 2. The number of nitrogens with zero attached hydrogens (tertiary/aromatic N) is 3. The van der Waals surface area contributed by atoms with Gasteiger partial charge in [0, 0.05) is 30.0 Å². The number of anilines is 1. The number of halogens is 1. The quantitative estimate of drug-likeness (QED) is 0.541. The minimum Gasteiger partial charge on any atom is -0.369 e. The van der Waals surface area contributed by atoms with E-state index in [0.29, 0.717) is 11.7 Å². The van der Waals surface area contributed by atoms with Crippen LogP contribution in [0.15, 0.2) is 35.5 Å². The maximum absolute atomic E-state index is 12.5. The number of rotatable bonds is 4. The van der Waals surface area contributed by atoms with Crippen LogP contribution < -0.4 is 9.62 Å². The Hall–Kier alpha value is -1.72. The summed E-state index contributed by atoms with van der Waals surface area (Å²) in [6.45, 7) is 3.09. The summed E-state index contributed by atoms with van der Waals surface area (Å²) in [7, 11) is -2.15. The molecule has 1 aliphatic rings. The number of hydrogen-bond acceptors (Lipinski definition) is 5. The smallest absolute Gasteiger partial charge is 0.240 e. The molecule has 0 aliphatic carbocycles. The van der Waals surface area contributed by atoms with Crippen LogP contribution in [-0.2, 0) is 10.0 Å². The van der Waals surface area contributed by atoms with E-state index < -0.39 is 10.0 Å². The lowest BCUT2D eigenvalue weighted by molar-refractivity contribution is 0.588. The van der Waals surface area contributed by atoms with Gasteiger partial charge in [0.15, 0.2) is 5.65 Å². The summed E-state index contributed by atoms with van der Waals surface area (Å²) >= 11 is 2.21. The lowest BCUT2D eigenvalue weighted by atomic mass is 10.1. The predicted molar refractivity (Wildman–Crippen MR) is 114 cm³/mol. The van der Waals surface area contributed by atoms with Crippen LogP contribution in [0.2, 0.25) is 0 Å². The molecule has 1 saturated heterocycles. The van der Waals surface area contributed by atoms with E-state index in [0.717, 1.165) is 45.4 Å². The van der Waals surface area contributed by atoms with E-state index in [2.05, 4.69) is 49.1 Å². The van der Waals surface area contributed by atoms with Gasteiger partial charge in [0.2, 0.25) is 10.0 Å². The van der Waals surface area contributed by atoms with E-state index in [4.69, 9.17) is 4.98 Å². The van der Waals surface area contributed by atoms with Crippen LogP contribution in [0.25, 0.3) is 22.4 Å². The van der Waals surface area contributed by atoms with E-state index in [-0.39, 0.29) is 4.90 Å². The van der Waals surface area contributed by atoms with E-state index >= 15 is 0 Å². The second kappa shape index (κ2) is 7.02. The lowest BCUT2D eigenvalue weighted by Crippen LogP contribution is -2.27. The number of H-pyrrole nitrogens is 1. The van der Waals surface area contributed by atoms with Gasteiger partial charge in [-0.1, -0.05) is 0 Å². The average Bonchev–Trinajstić information content (AvgIpc) is 3.27. The van der Waals surface area contributed by atoms with Crippen molar-refractivity contribution in [3.8, 4) is 11.3 Å². The first-order valence-corrected chi connectivity index (χ1v) is 11.3. The molecule has 27 heavy (non-hydrogen) atoms. The summed E-state index contributed by atoms with van der Waals surface area (Å²) < 4.78 is 28.4. The summed E-state index contributed by atoms with van der Waals surface area (Å²) in [5.74, 6) is 0. The van der Waals surface area contributed by atoms with Crippen LogP contribution in [0.4, 0.5) is 5.69 Å². The van der Waals surface area contributed by atoms with Gasteiger partial charge < -0.3 is 9.88 Å². The zero-order valence-corrected chi connectivity index (χ0v) is 18.0. The Morgan fingerprint density at radius 3 is 2.85 bits per heavy atom. The molecular weight excluding hydrogens is 477 g/mol. The Morgan fingerprint density at radius 1 is 1.33 bits per heavy atom. The van der Waals surface area contributed by atoms with E-state index in [1.54, 1.807) is 18.3 Å². The highest BCUT2D eigenvalue weighted by atomic mass is 127. The first-order chi connectivity index (χ1) is 12.9. The molecule has 3 heterocycles. The number of aromatic amines is 1. The molecule has 1 atom stereocenters. The second-order valence-corrected chi connectivity index (χ2v) is 9.75. The van der Waals surface area contributed by atoms with Crippen molar-refractivity contribution in [2.75, 3.05) is 18.5 Å². The minimum atomic E-state index is -3.57. The van der Waals surface area contributed by atoms with Gasteiger partial charge in [-0.2, -0.15) is 0 Å². The number of benzene rings is 1. The molecule has 1 aromatic carbocycles. The highest BCUT2D eigenvalue weighted by Crippen LogP contribution is 2.32. The summed E-state index contributed by atoms with van der Waals surface area (Å²) in [5, 5.41) is 0. The summed E-state index contributed by atoms with van der Waals surface area (Å²) in [4.78, 5) is 14.7. The Balaban J connectivity index is 1.90. The van der Waals surface area contributed by atoms with Crippen LogP contribution in [0, 0.1) is 3.57 Å². The molecule has 4 rings (SSSR count). The molecule has 0 spiro atoms. The van der Waals surface area contributed by atoms with Crippen LogP contribution in [0.3, 0.4) is 0 Å². The maximum atomic E-state index is 12.5. The molecule has 1 aliphatic heterocycles.